The van der Waals surface area contributed by atoms with Crippen molar-refractivity contribution in [2.24, 2.45) is 5.92 Å². The van der Waals surface area contributed by atoms with Crippen molar-refractivity contribution in [3.63, 3.8) is 0 Å². The third-order valence-electron chi connectivity index (χ3n) is 6.92. The summed E-state index contributed by atoms with van der Waals surface area (Å²) in [6, 6.07) is 20.9. The van der Waals surface area contributed by atoms with E-state index in [9.17, 15) is 4.79 Å². The number of halogens is 1. The maximum atomic E-state index is 12.7. The van der Waals surface area contributed by atoms with Gasteiger partial charge in [-0.2, -0.15) is 0 Å². The van der Waals surface area contributed by atoms with Crippen LogP contribution in [0.2, 0.25) is 5.02 Å². The van der Waals surface area contributed by atoms with E-state index in [-0.39, 0.29) is 18.2 Å². The second-order valence-electron chi connectivity index (χ2n) is 9.70. The van der Waals surface area contributed by atoms with Gasteiger partial charge in [-0.15, -0.1) is 5.10 Å². The number of aromatic nitrogens is 3. The Kier molecular flexibility index (Phi) is 8.86. The minimum atomic E-state index is -0.603. The molecular formula is C31H32ClN3O5. The molecule has 0 radical (unpaired) electrons. The Morgan fingerprint density at radius 2 is 1.73 bits per heavy atom. The average molecular weight is 562 g/mol. The van der Waals surface area contributed by atoms with E-state index in [0.717, 1.165) is 22.4 Å². The molecule has 1 aliphatic rings. The molecule has 9 heteroatoms. The van der Waals surface area contributed by atoms with Gasteiger partial charge in [-0.25, -0.2) is 9.48 Å². The number of nitrogens with zero attached hydrogens (tertiary/aromatic N) is 3. The molecule has 1 saturated carbocycles. The molecule has 0 amide bonds. The molecule has 0 atom stereocenters. The maximum absolute atomic E-state index is 12.7. The third-order valence-corrected chi connectivity index (χ3v) is 7.17. The number of benzene rings is 3. The van der Waals surface area contributed by atoms with Crippen molar-refractivity contribution in [3.8, 4) is 34.3 Å². The lowest BCUT2D eigenvalue weighted by Gasteiger charge is -2.17. The zero-order chi connectivity index (χ0) is 27.9. The van der Waals surface area contributed by atoms with Crippen LogP contribution in [0.1, 0.15) is 48.7 Å². The summed E-state index contributed by atoms with van der Waals surface area (Å²) >= 11 is 6.13. The molecule has 1 fully saturated rings. The lowest BCUT2D eigenvalue weighted by molar-refractivity contribution is 0.0516. The largest absolute Gasteiger partial charge is 0.497 e. The summed E-state index contributed by atoms with van der Waals surface area (Å²) in [7, 11) is 1.62. The number of hydrogen-bond acceptors (Lipinski definition) is 7. The molecule has 1 aromatic heterocycles. The molecule has 4 aromatic rings. The topological polar surface area (TPSA) is 84.7 Å². The first-order chi connectivity index (χ1) is 19.5. The van der Waals surface area contributed by atoms with Gasteiger partial charge in [0.2, 0.25) is 5.69 Å². The fourth-order valence-electron chi connectivity index (χ4n) is 4.79. The van der Waals surface area contributed by atoms with Crippen molar-refractivity contribution >= 4 is 17.6 Å². The fraction of sp³-hybridized carbons (Fsp3) is 0.323. The van der Waals surface area contributed by atoms with Crippen LogP contribution in [0, 0.1) is 5.92 Å². The molecule has 40 heavy (non-hydrogen) atoms. The molecule has 5 rings (SSSR count). The van der Waals surface area contributed by atoms with Crippen molar-refractivity contribution < 1.29 is 23.7 Å². The van der Waals surface area contributed by atoms with Crippen molar-refractivity contribution in [2.75, 3.05) is 20.3 Å². The summed E-state index contributed by atoms with van der Waals surface area (Å²) in [5, 5.41) is 8.96. The van der Waals surface area contributed by atoms with E-state index < -0.39 is 5.97 Å². The highest BCUT2D eigenvalue weighted by atomic mass is 35.5. The molecule has 0 saturated heterocycles. The molecule has 0 bridgehead atoms. The monoisotopic (exact) mass is 561 g/mol. The quantitative estimate of drug-likeness (QED) is 0.179. The second kappa shape index (κ2) is 12.9. The SMILES string of the molecule is CCOC(=O)c1nnn(Cc2ccc(OC)cc2)c1Oc1ccc(-c2ccc(Cl)cc2)c(OCC2CCCC2)c1. The van der Waals surface area contributed by atoms with E-state index in [4.69, 9.17) is 30.5 Å². The lowest BCUT2D eigenvalue weighted by Crippen LogP contribution is -2.10. The normalized spacial score (nSPS) is 13.3. The van der Waals surface area contributed by atoms with Crippen LogP contribution in [-0.2, 0) is 11.3 Å². The van der Waals surface area contributed by atoms with Gasteiger partial charge in [-0.3, -0.25) is 0 Å². The zero-order valence-electron chi connectivity index (χ0n) is 22.6. The van der Waals surface area contributed by atoms with E-state index in [1.54, 1.807) is 18.7 Å². The standard InChI is InChI=1S/C31H32ClN3O5/c1-3-38-31(36)29-30(35(34-33-29)19-21-8-14-25(37-2)15-9-21)40-26-16-17-27(23-10-12-24(32)13-11-23)28(18-26)39-20-22-6-4-5-7-22/h8-18,22H,3-7,19-20H2,1-2H3. The lowest BCUT2D eigenvalue weighted by atomic mass is 10.0. The number of esters is 1. The van der Waals surface area contributed by atoms with Crippen LogP contribution in [-0.4, -0.2) is 41.3 Å². The summed E-state index contributed by atoms with van der Waals surface area (Å²) in [5.74, 6) is 2.05. The van der Waals surface area contributed by atoms with Crippen LogP contribution in [0.5, 0.6) is 23.1 Å². The van der Waals surface area contributed by atoms with Crippen LogP contribution in [0.4, 0.5) is 0 Å². The highest BCUT2D eigenvalue weighted by molar-refractivity contribution is 6.30. The van der Waals surface area contributed by atoms with E-state index >= 15 is 0 Å². The zero-order valence-corrected chi connectivity index (χ0v) is 23.4. The molecule has 0 spiro atoms. The molecule has 8 nitrogen and oxygen atoms in total. The Bertz CT molecular complexity index is 1430. The predicted molar refractivity (Wildman–Crippen MR) is 152 cm³/mol. The summed E-state index contributed by atoms with van der Waals surface area (Å²) in [6.07, 6.45) is 4.82. The first-order valence-electron chi connectivity index (χ1n) is 13.5. The molecule has 0 N–H and O–H groups in total. The van der Waals surface area contributed by atoms with Gasteiger partial charge in [0.1, 0.15) is 17.2 Å². The molecule has 208 valence electrons. The van der Waals surface area contributed by atoms with Crippen LogP contribution in [0.3, 0.4) is 0 Å². The molecule has 1 heterocycles. The molecule has 3 aromatic carbocycles. The van der Waals surface area contributed by atoms with Gasteiger partial charge in [0.15, 0.2) is 0 Å². The summed E-state index contributed by atoms with van der Waals surface area (Å²) in [6.45, 7) is 2.91. The number of hydrogen-bond donors (Lipinski definition) is 0. The van der Waals surface area contributed by atoms with E-state index in [1.165, 1.54) is 25.7 Å². The minimum Gasteiger partial charge on any atom is -0.497 e. The summed E-state index contributed by atoms with van der Waals surface area (Å²) in [4.78, 5) is 12.7. The number of carbonyl (C=O) groups excluding carboxylic acids is 1. The van der Waals surface area contributed by atoms with E-state index in [1.807, 2.05) is 66.7 Å². The molecular weight excluding hydrogens is 530 g/mol. The van der Waals surface area contributed by atoms with Gasteiger partial charge in [0, 0.05) is 16.7 Å². The number of carbonyl (C=O) groups is 1. The van der Waals surface area contributed by atoms with Gasteiger partial charge in [0.05, 0.1) is 26.9 Å². The summed E-state index contributed by atoms with van der Waals surface area (Å²) < 4.78 is 24.7. The molecule has 1 aliphatic carbocycles. The Balaban J connectivity index is 1.47. The third kappa shape index (κ3) is 6.57. The van der Waals surface area contributed by atoms with Gasteiger partial charge in [-0.05, 0) is 73.2 Å². The van der Waals surface area contributed by atoms with Crippen molar-refractivity contribution in [2.45, 2.75) is 39.2 Å². The highest BCUT2D eigenvalue weighted by Crippen LogP contribution is 2.37. The summed E-state index contributed by atoms with van der Waals surface area (Å²) in [5.41, 5.74) is 2.85. The van der Waals surface area contributed by atoms with Crippen LogP contribution in [0.25, 0.3) is 11.1 Å². The van der Waals surface area contributed by atoms with Crippen molar-refractivity contribution in [1.29, 1.82) is 0 Å². The second-order valence-corrected chi connectivity index (χ2v) is 10.1. The van der Waals surface area contributed by atoms with Crippen molar-refractivity contribution in [1.82, 2.24) is 15.0 Å². The number of methoxy groups -OCH3 is 1. The van der Waals surface area contributed by atoms with Crippen LogP contribution >= 0.6 is 11.6 Å². The Hall–Kier alpha value is -4.04. The fourth-order valence-corrected chi connectivity index (χ4v) is 4.92. The van der Waals surface area contributed by atoms with Gasteiger partial charge < -0.3 is 18.9 Å². The minimum absolute atomic E-state index is 0.00515. The van der Waals surface area contributed by atoms with Crippen molar-refractivity contribution in [3.05, 3.63) is 83.0 Å². The first kappa shape index (κ1) is 27.5. The van der Waals surface area contributed by atoms with Crippen LogP contribution in [0.15, 0.2) is 66.7 Å². The number of rotatable bonds is 11. The Morgan fingerprint density at radius 3 is 2.42 bits per heavy atom. The maximum Gasteiger partial charge on any atom is 0.364 e. The Morgan fingerprint density at radius 1 is 1.00 bits per heavy atom. The number of ether oxygens (including phenoxy) is 4. The smallest absolute Gasteiger partial charge is 0.364 e. The average Bonchev–Trinajstić information content (AvgIpc) is 3.64. The van der Waals surface area contributed by atoms with E-state index in [2.05, 4.69) is 10.3 Å². The first-order valence-corrected chi connectivity index (χ1v) is 13.9. The van der Waals surface area contributed by atoms with Gasteiger partial charge in [0.25, 0.3) is 5.88 Å². The van der Waals surface area contributed by atoms with Gasteiger partial charge >= 0.3 is 5.97 Å². The van der Waals surface area contributed by atoms with E-state index in [0.29, 0.717) is 35.6 Å². The highest BCUT2D eigenvalue weighted by Gasteiger charge is 2.24. The predicted octanol–water partition coefficient (Wildman–Crippen LogP) is 7.19. The Labute approximate surface area is 238 Å². The van der Waals surface area contributed by atoms with Crippen LogP contribution < -0.4 is 14.2 Å². The molecule has 0 aliphatic heterocycles. The van der Waals surface area contributed by atoms with Gasteiger partial charge in [-0.1, -0.05) is 53.9 Å². The molecule has 0 unspecified atom stereocenters.